The van der Waals surface area contributed by atoms with Crippen LogP contribution in [0.5, 0.6) is 0 Å². The topological polar surface area (TPSA) is 32.3 Å². The van der Waals surface area contributed by atoms with Crippen molar-refractivity contribution in [2.75, 3.05) is 19.4 Å². The van der Waals surface area contributed by atoms with Crippen LogP contribution >= 0.6 is 11.6 Å². The third-order valence-corrected chi connectivity index (χ3v) is 3.52. The fourth-order valence-corrected chi connectivity index (χ4v) is 2.16. The number of benzene rings is 1. The zero-order valence-electron chi connectivity index (χ0n) is 13.0. The summed E-state index contributed by atoms with van der Waals surface area (Å²) >= 11 is 6.10. The Kier molecular flexibility index (Phi) is 6.34. The van der Waals surface area contributed by atoms with Crippen molar-refractivity contribution in [3.8, 4) is 0 Å². The summed E-state index contributed by atoms with van der Waals surface area (Å²) in [5.74, 6) is 0.629. The molecular formula is C16H25ClN2O. The number of carbonyl (C=O) groups excluding carboxylic acids is 1. The van der Waals surface area contributed by atoms with E-state index in [2.05, 4.69) is 26.1 Å². The summed E-state index contributed by atoms with van der Waals surface area (Å²) in [5.41, 5.74) is 1.48. The van der Waals surface area contributed by atoms with Gasteiger partial charge in [-0.2, -0.15) is 0 Å². The van der Waals surface area contributed by atoms with E-state index < -0.39 is 0 Å². The van der Waals surface area contributed by atoms with E-state index in [0.29, 0.717) is 22.5 Å². The molecule has 1 amide bonds. The molecule has 1 aromatic rings. The first-order valence-corrected chi connectivity index (χ1v) is 7.46. The molecule has 0 heterocycles. The molecular weight excluding hydrogens is 272 g/mol. The van der Waals surface area contributed by atoms with Gasteiger partial charge in [-0.15, -0.1) is 0 Å². The molecule has 1 aromatic carbocycles. The van der Waals surface area contributed by atoms with E-state index in [1.54, 1.807) is 20.2 Å². The van der Waals surface area contributed by atoms with Crippen LogP contribution in [-0.2, 0) is 0 Å². The van der Waals surface area contributed by atoms with E-state index in [0.717, 1.165) is 12.1 Å². The number of amides is 1. The van der Waals surface area contributed by atoms with Gasteiger partial charge >= 0.3 is 0 Å². The average Bonchev–Trinajstić information content (AvgIpc) is 2.37. The van der Waals surface area contributed by atoms with Crippen LogP contribution in [0.1, 0.15) is 44.0 Å². The molecule has 3 nitrogen and oxygen atoms in total. The minimum atomic E-state index is -0.0755. The molecule has 1 unspecified atom stereocenters. The van der Waals surface area contributed by atoms with Gasteiger partial charge in [0.15, 0.2) is 0 Å². The van der Waals surface area contributed by atoms with Crippen LogP contribution in [0.3, 0.4) is 0 Å². The Bertz CT molecular complexity index is 458. The van der Waals surface area contributed by atoms with Crippen LogP contribution in [0.2, 0.25) is 5.02 Å². The van der Waals surface area contributed by atoms with Gasteiger partial charge in [0.2, 0.25) is 0 Å². The van der Waals surface area contributed by atoms with Crippen molar-refractivity contribution in [3.63, 3.8) is 0 Å². The minimum absolute atomic E-state index is 0.0755. The summed E-state index contributed by atoms with van der Waals surface area (Å²) < 4.78 is 0. The summed E-state index contributed by atoms with van der Waals surface area (Å²) in [6, 6.07) is 5.90. The zero-order valence-corrected chi connectivity index (χ0v) is 13.8. The molecule has 1 atom stereocenters. The van der Waals surface area contributed by atoms with E-state index in [1.807, 2.05) is 12.1 Å². The highest BCUT2D eigenvalue weighted by molar-refractivity contribution is 6.34. The van der Waals surface area contributed by atoms with Gasteiger partial charge in [0, 0.05) is 25.8 Å². The maximum atomic E-state index is 12.0. The summed E-state index contributed by atoms with van der Waals surface area (Å²) in [5, 5.41) is 3.92. The number of nitrogens with one attached hydrogen (secondary N) is 1. The molecule has 112 valence electrons. The van der Waals surface area contributed by atoms with Gasteiger partial charge in [-0.1, -0.05) is 25.4 Å². The number of halogens is 1. The van der Waals surface area contributed by atoms with E-state index in [1.165, 1.54) is 11.3 Å². The highest BCUT2D eigenvalue weighted by atomic mass is 35.5. The summed E-state index contributed by atoms with van der Waals surface area (Å²) in [6.45, 7) is 6.61. The third kappa shape index (κ3) is 5.04. The monoisotopic (exact) mass is 296 g/mol. The number of hydrogen-bond donors (Lipinski definition) is 1. The van der Waals surface area contributed by atoms with Crippen LogP contribution in [0.4, 0.5) is 5.69 Å². The Labute approximate surface area is 127 Å². The molecule has 0 aliphatic carbocycles. The molecule has 0 aromatic heterocycles. The Hall–Kier alpha value is -1.22. The van der Waals surface area contributed by atoms with E-state index in [9.17, 15) is 4.79 Å². The van der Waals surface area contributed by atoms with Crippen molar-refractivity contribution in [1.82, 2.24) is 4.90 Å². The molecule has 0 aliphatic rings. The predicted molar refractivity (Wildman–Crippen MR) is 86.6 cm³/mol. The van der Waals surface area contributed by atoms with Gasteiger partial charge < -0.3 is 10.2 Å². The maximum absolute atomic E-state index is 12.0. The van der Waals surface area contributed by atoms with Crippen molar-refractivity contribution in [1.29, 1.82) is 0 Å². The average molecular weight is 297 g/mol. The first kappa shape index (κ1) is 16.8. The van der Waals surface area contributed by atoms with Crippen LogP contribution < -0.4 is 5.32 Å². The normalized spacial score (nSPS) is 12.3. The van der Waals surface area contributed by atoms with Crippen LogP contribution in [0.25, 0.3) is 0 Å². The quantitative estimate of drug-likeness (QED) is 0.850. The number of anilines is 1. The molecule has 4 heteroatoms. The van der Waals surface area contributed by atoms with Crippen molar-refractivity contribution < 1.29 is 4.79 Å². The van der Waals surface area contributed by atoms with E-state index >= 15 is 0 Å². The lowest BCUT2D eigenvalue weighted by atomic mass is 10.0. The minimum Gasteiger partial charge on any atom is -0.383 e. The van der Waals surface area contributed by atoms with Gasteiger partial charge in [0.25, 0.3) is 5.91 Å². The highest BCUT2D eigenvalue weighted by Crippen LogP contribution is 2.23. The van der Waals surface area contributed by atoms with E-state index in [-0.39, 0.29) is 5.91 Å². The molecule has 0 saturated heterocycles. The Morgan fingerprint density at radius 2 is 1.90 bits per heavy atom. The van der Waals surface area contributed by atoms with Gasteiger partial charge in [0.05, 0.1) is 10.6 Å². The van der Waals surface area contributed by atoms with Crippen molar-refractivity contribution in [3.05, 3.63) is 28.8 Å². The summed E-state index contributed by atoms with van der Waals surface area (Å²) in [4.78, 5) is 13.6. The molecule has 20 heavy (non-hydrogen) atoms. The number of rotatable bonds is 6. The molecule has 0 fully saturated rings. The largest absolute Gasteiger partial charge is 0.383 e. The van der Waals surface area contributed by atoms with Crippen LogP contribution in [0.15, 0.2) is 18.2 Å². The third-order valence-electron chi connectivity index (χ3n) is 3.19. The van der Waals surface area contributed by atoms with Gasteiger partial charge in [-0.25, -0.2) is 0 Å². The first-order chi connectivity index (χ1) is 9.31. The molecule has 0 bridgehead atoms. The first-order valence-electron chi connectivity index (χ1n) is 7.09. The highest BCUT2D eigenvalue weighted by Gasteiger charge is 2.13. The molecule has 0 aliphatic heterocycles. The van der Waals surface area contributed by atoms with Crippen molar-refractivity contribution in [2.45, 2.75) is 39.7 Å². The van der Waals surface area contributed by atoms with Crippen molar-refractivity contribution in [2.24, 2.45) is 5.92 Å². The second-order valence-corrected chi connectivity index (χ2v) is 6.32. The lowest BCUT2D eigenvalue weighted by Gasteiger charge is -2.18. The fourth-order valence-electron chi connectivity index (χ4n) is 1.96. The maximum Gasteiger partial charge on any atom is 0.254 e. The molecule has 0 radical (unpaired) electrons. The fraction of sp³-hybridized carbons (Fsp3) is 0.562. The number of carbonyl (C=O) groups is 1. The predicted octanol–water partition coefficient (Wildman–Crippen LogP) is 4.28. The van der Waals surface area contributed by atoms with Gasteiger partial charge in [0.1, 0.15) is 0 Å². The smallest absolute Gasteiger partial charge is 0.254 e. The van der Waals surface area contributed by atoms with Crippen LogP contribution in [0, 0.1) is 5.92 Å². The second kappa shape index (κ2) is 7.53. The lowest BCUT2D eigenvalue weighted by Crippen LogP contribution is -2.22. The second-order valence-electron chi connectivity index (χ2n) is 5.91. The van der Waals surface area contributed by atoms with Gasteiger partial charge in [-0.05, 0) is 43.9 Å². The summed E-state index contributed by atoms with van der Waals surface area (Å²) in [7, 11) is 3.45. The van der Waals surface area contributed by atoms with E-state index in [4.69, 9.17) is 11.6 Å². The number of nitrogens with zero attached hydrogens (tertiary/aromatic N) is 1. The molecule has 0 saturated carbocycles. The Morgan fingerprint density at radius 1 is 1.25 bits per heavy atom. The standard InChI is InChI=1S/C16H25ClN2O/c1-11(2)6-7-12(3)18-13-8-9-15(17)14(10-13)16(20)19(4)5/h8-12,18H,6-7H2,1-5H3. The van der Waals surface area contributed by atoms with Gasteiger partial charge in [-0.3, -0.25) is 4.79 Å². The van der Waals surface area contributed by atoms with Crippen LogP contribution in [-0.4, -0.2) is 30.9 Å². The van der Waals surface area contributed by atoms with Crippen molar-refractivity contribution >= 4 is 23.2 Å². The summed E-state index contributed by atoms with van der Waals surface area (Å²) in [6.07, 6.45) is 2.29. The Morgan fingerprint density at radius 3 is 2.45 bits per heavy atom. The Balaban J connectivity index is 2.77. The SMILES string of the molecule is CC(C)CCC(C)Nc1ccc(Cl)c(C(=O)N(C)C)c1. The molecule has 1 N–H and O–H groups in total. The lowest BCUT2D eigenvalue weighted by molar-refractivity contribution is 0.0828. The molecule has 1 rings (SSSR count). The number of hydrogen-bond acceptors (Lipinski definition) is 2. The molecule has 0 spiro atoms. The zero-order chi connectivity index (χ0) is 15.3.